The van der Waals surface area contributed by atoms with Crippen molar-refractivity contribution in [3.05, 3.63) is 57.9 Å². The first-order chi connectivity index (χ1) is 13.4. The van der Waals surface area contributed by atoms with Gasteiger partial charge in [0.15, 0.2) is 16.0 Å². The van der Waals surface area contributed by atoms with Gasteiger partial charge < -0.3 is 10.1 Å². The SMILES string of the molecule is CCOc1ccc(C(=O)NC(=S)Nc2nc3ccc(F)cc3s2)cc1[N+](=O)[O-]. The molecule has 11 heteroatoms. The van der Waals surface area contributed by atoms with Crippen LogP contribution in [-0.4, -0.2) is 27.5 Å². The Morgan fingerprint density at radius 3 is 2.86 bits per heavy atom. The molecule has 2 aromatic carbocycles. The van der Waals surface area contributed by atoms with Crippen molar-refractivity contribution in [1.29, 1.82) is 0 Å². The number of anilines is 1. The summed E-state index contributed by atoms with van der Waals surface area (Å²) in [6, 6.07) is 8.05. The fourth-order valence-corrected chi connectivity index (χ4v) is 3.48. The smallest absolute Gasteiger partial charge is 0.311 e. The zero-order valence-corrected chi connectivity index (χ0v) is 16.0. The molecular formula is C17H13FN4O4S2. The van der Waals surface area contributed by atoms with Gasteiger partial charge in [-0.2, -0.15) is 0 Å². The Bertz CT molecular complexity index is 1090. The van der Waals surface area contributed by atoms with Gasteiger partial charge in [0, 0.05) is 11.6 Å². The average molecular weight is 420 g/mol. The summed E-state index contributed by atoms with van der Waals surface area (Å²) in [5.74, 6) is -0.932. The van der Waals surface area contributed by atoms with Gasteiger partial charge in [-0.25, -0.2) is 9.37 Å². The number of nitrogens with one attached hydrogen (secondary N) is 2. The Kier molecular flexibility index (Phi) is 5.76. The topological polar surface area (TPSA) is 106 Å². The molecule has 0 unspecified atom stereocenters. The molecule has 0 aliphatic heterocycles. The average Bonchev–Trinajstić information content (AvgIpc) is 3.02. The largest absolute Gasteiger partial charge is 0.487 e. The maximum absolute atomic E-state index is 13.3. The van der Waals surface area contributed by atoms with Crippen LogP contribution < -0.4 is 15.4 Å². The number of rotatable bonds is 5. The molecule has 0 bridgehead atoms. The van der Waals surface area contributed by atoms with Crippen LogP contribution in [-0.2, 0) is 0 Å². The van der Waals surface area contributed by atoms with Crippen molar-refractivity contribution in [3.63, 3.8) is 0 Å². The van der Waals surface area contributed by atoms with E-state index in [1.54, 1.807) is 6.92 Å². The molecule has 0 aliphatic carbocycles. The molecule has 3 aromatic rings. The van der Waals surface area contributed by atoms with Gasteiger partial charge in [-0.15, -0.1) is 0 Å². The van der Waals surface area contributed by atoms with Crippen molar-refractivity contribution in [3.8, 4) is 5.75 Å². The van der Waals surface area contributed by atoms with Gasteiger partial charge in [0.05, 0.1) is 21.7 Å². The lowest BCUT2D eigenvalue weighted by Gasteiger charge is -2.08. The number of carbonyl (C=O) groups is 1. The van der Waals surface area contributed by atoms with Crippen LogP contribution in [0.4, 0.5) is 15.2 Å². The molecule has 1 heterocycles. The van der Waals surface area contributed by atoms with E-state index in [4.69, 9.17) is 17.0 Å². The molecule has 0 saturated heterocycles. The standard InChI is InChI=1S/C17H13FN4O4S2/c1-2-26-13-6-3-9(7-12(13)22(24)25)15(23)20-16(27)21-17-19-11-5-4-10(18)8-14(11)28-17/h3-8H,2H2,1H3,(H2,19,20,21,23,27). The zero-order chi connectivity index (χ0) is 20.3. The summed E-state index contributed by atoms with van der Waals surface area (Å²) >= 11 is 6.26. The number of amides is 1. The number of thiocarbonyl (C=S) groups is 1. The van der Waals surface area contributed by atoms with E-state index >= 15 is 0 Å². The third kappa shape index (κ3) is 4.38. The van der Waals surface area contributed by atoms with Crippen molar-refractivity contribution in [2.75, 3.05) is 11.9 Å². The molecule has 144 valence electrons. The maximum Gasteiger partial charge on any atom is 0.311 e. The third-order valence-corrected chi connectivity index (χ3v) is 4.65. The van der Waals surface area contributed by atoms with E-state index in [1.165, 1.54) is 41.7 Å². The fraction of sp³-hybridized carbons (Fsp3) is 0.118. The number of hydrogen-bond donors (Lipinski definition) is 2. The number of fused-ring (bicyclic) bond motifs is 1. The highest BCUT2D eigenvalue weighted by molar-refractivity contribution is 7.80. The molecule has 0 spiro atoms. The Morgan fingerprint density at radius 2 is 2.14 bits per heavy atom. The lowest BCUT2D eigenvalue weighted by atomic mass is 10.1. The summed E-state index contributed by atoms with van der Waals surface area (Å²) in [4.78, 5) is 27.1. The van der Waals surface area contributed by atoms with Crippen LogP contribution in [0.2, 0.25) is 0 Å². The predicted octanol–water partition coefficient (Wildman–Crippen LogP) is 3.87. The molecule has 3 rings (SSSR count). The highest BCUT2D eigenvalue weighted by atomic mass is 32.1. The molecule has 8 nitrogen and oxygen atoms in total. The van der Waals surface area contributed by atoms with Crippen LogP contribution in [0, 0.1) is 15.9 Å². The number of hydrogen-bond acceptors (Lipinski definition) is 7. The minimum atomic E-state index is -0.629. The number of ether oxygens (including phenoxy) is 1. The van der Waals surface area contributed by atoms with Gasteiger partial charge in [0.1, 0.15) is 5.82 Å². The Hall–Kier alpha value is -3.18. The van der Waals surface area contributed by atoms with E-state index in [1.807, 2.05) is 0 Å². The number of nitro benzene ring substituents is 1. The molecule has 0 fully saturated rings. The van der Waals surface area contributed by atoms with E-state index in [2.05, 4.69) is 15.6 Å². The summed E-state index contributed by atoms with van der Waals surface area (Å²) in [7, 11) is 0. The molecule has 1 amide bonds. The first-order valence-electron chi connectivity index (χ1n) is 7.97. The summed E-state index contributed by atoms with van der Waals surface area (Å²) in [6.07, 6.45) is 0. The summed E-state index contributed by atoms with van der Waals surface area (Å²) < 4.78 is 19.1. The second kappa shape index (κ2) is 8.23. The predicted molar refractivity (Wildman–Crippen MR) is 108 cm³/mol. The Balaban J connectivity index is 1.71. The molecule has 0 aliphatic rings. The lowest BCUT2D eigenvalue weighted by Crippen LogP contribution is -2.34. The maximum atomic E-state index is 13.3. The minimum absolute atomic E-state index is 0.0407. The second-order valence-electron chi connectivity index (χ2n) is 5.41. The van der Waals surface area contributed by atoms with Gasteiger partial charge in [-0.05, 0) is 49.5 Å². The molecule has 1 aromatic heterocycles. The number of nitro groups is 1. The highest BCUT2D eigenvalue weighted by Crippen LogP contribution is 2.28. The Labute approximate surface area is 167 Å². The van der Waals surface area contributed by atoms with Crippen molar-refractivity contribution >= 4 is 55.6 Å². The van der Waals surface area contributed by atoms with Crippen LogP contribution >= 0.6 is 23.6 Å². The van der Waals surface area contributed by atoms with Crippen LogP contribution in [0.15, 0.2) is 36.4 Å². The lowest BCUT2D eigenvalue weighted by molar-refractivity contribution is -0.385. The molecule has 28 heavy (non-hydrogen) atoms. The van der Waals surface area contributed by atoms with E-state index in [0.717, 1.165) is 6.07 Å². The first kappa shape index (κ1) is 19.6. The molecule has 2 N–H and O–H groups in total. The number of carbonyl (C=O) groups excluding carboxylic acids is 1. The number of halogens is 1. The molecule has 0 atom stereocenters. The van der Waals surface area contributed by atoms with Gasteiger partial charge in [-0.1, -0.05) is 11.3 Å². The number of nitrogens with zero attached hydrogens (tertiary/aromatic N) is 2. The number of benzene rings is 2. The summed E-state index contributed by atoms with van der Waals surface area (Å²) in [6.45, 7) is 1.96. The van der Waals surface area contributed by atoms with Crippen molar-refractivity contribution in [1.82, 2.24) is 10.3 Å². The van der Waals surface area contributed by atoms with Gasteiger partial charge in [0.25, 0.3) is 5.91 Å². The Morgan fingerprint density at radius 1 is 1.36 bits per heavy atom. The number of aromatic nitrogens is 1. The molecule has 0 saturated carbocycles. The van der Waals surface area contributed by atoms with Gasteiger partial charge >= 0.3 is 5.69 Å². The van der Waals surface area contributed by atoms with Crippen molar-refractivity contribution in [2.45, 2.75) is 6.92 Å². The second-order valence-corrected chi connectivity index (χ2v) is 6.85. The van der Waals surface area contributed by atoms with Gasteiger partial charge in [0.2, 0.25) is 0 Å². The van der Waals surface area contributed by atoms with E-state index in [-0.39, 0.29) is 34.5 Å². The fourth-order valence-electron chi connectivity index (χ4n) is 2.33. The monoisotopic (exact) mass is 420 g/mol. The number of thiazole rings is 1. The van der Waals surface area contributed by atoms with Gasteiger partial charge in [-0.3, -0.25) is 20.2 Å². The molecular weight excluding hydrogens is 407 g/mol. The zero-order valence-electron chi connectivity index (χ0n) is 14.4. The minimum Gasteiger partial charge on any atom is -0.487 e. The van der Waals surface area contributed by atoms with E-state index in [0.29, 0.717) is 15.3 Å². The van der Waals surface area contributed by atoms with E-state index < -0.39 is 10.8 Å². The normalized spacial score (nSPS) is 10.5. The summed E-state index contributed by atoms with van der Waals surface area (Å²) in [5.41, 5.74) is 0.317. The van der Waals surface area contributed by atoms with Crippen LogP contribution in [0.25, 0.3) is 10.2 Å². The first-order valence-corrected chi connectivity index (χ1v) is 9.19. The summed E-state index contributed by atoms with van der Waals surface area (Å²) in [5, 5.41) is 16.7. The van der Waals surface area contributed by atoms with Crippen molar-refractivity contribution < 1.29 is 18.8 Å². The van der Waals surface area contributed by atoms with Crippen molar-refractivity contribution in [2.24, 2.45) is 0 Å². The highest BCUT2D eigenvalue weighted by Gasteiger charge is 2.19. The van der Waals surface area contributed by atoms with Crippen LogP contribution in [0.1, 0.15) is 17.3 Å². The van der Waals surface area contributed by atoms with E-state index in [9.17, 15) is 19.3 Å². The quantitative estimate of drug-likeness (QED) is 0.367. The van der Waals surface area contributed by atoms with Crippen LogP contribution in [0.3, 0.4) is 0 Å². The molecule has 0 radical (unpaired) electrons. The van der Waals surface area contributed by atoms with Crippen LogP contribution in [0.5, 0.6) is 5.75 Å². The third-order valence-electron chi connectivity index (χ3n) is 3.52.